The van der Waals surface area contributed by atoms with E-state index >= 15 is 0 Å². The van der Waals surface area contributed by atoms with Gasteiger partial charge in [0.1, 0.15) is 0 Å². The number of nitrogens with one attached hydrogen (secondary N) is 2. The molecular weight excluding hydrogens is 236 g/mol. The van der Waals surface area contributed by atoms with Crippen LogP contribution in [0.25, 0.3) is 0 Å². The van der Waals surface area contributed by atoms with E-state index in [0.29, 0.717) is 17.6 Å². The summed E-state index contributed by atoms with van der Waals surface area (Å²) < 4.78 is 10.5. The number of hydrogen-bond acceptors (Lipinski definition) is 3. The Kier molecular flexibility index (Phi) is 10.5. The summed E-state index contributed by atoms with van der Waals surface area (Å²) in [5.74, 6) is 0.598. The Labute approximate surface area is 110 Å². The fraction of sp³-hybridized carbons (Fsp3) is 0.917. The summed E-state index contributed by atoms with van der Waals surface area (Å²) in [4.78, 5) is 0. The summed E-state index contributed by atoms with van der Waals surface area (Å²) in [6, 6.07) is 0.234. The number of thiocarbonyl (C=S) groups is 1. The molecule has 0 rings (SSSR count). The molecule has 17 heavy (non-hydrogen) atoms. The van der Waals surface area contributed by atoms with Crippen LogP contribution < -0.4 is 10.6 Å². The molecular formula is C12H26N2O2S. The van der Waals surface area contributed by atoms with Crippen LogP contribution in [0.3, 0.4) is 0 Å². The van der Waals surface area contributed by atoms with Crippen LogP contribution in [0.2, 0.25) is 0 Å². The Morgan fingerprint density at radius 1 is 1.24 bits per heavy atom. The molecule has 0 bridgehead atoms. The topological polar surface area (TPSA) is 42.5 Å². The van der Waals surface area contributed by atoms with E-state index in [1.54, 1.807) is 7.11 Å². The molecule has 4 nitrogen and oxygen atoms in total. The average Bonchev–Trinajstić information content (AvgIpc) is 2.23. The van der Waals surface area contributed by atoms with Gasteiger partial charge >= 0.3 is 0 Å². The maximum Gasteiger partial charge on any atom is 0.166 e. The molecule has 0 spiro atoms. The minimum absolute atomic E-state index is 0.234. The van der Waals surface area contributed by atoms with Crippen LogP contribution in [0.1, 0.15) is 27.2 Å². The molecule has 0 aromatic carbocycles. The lowest BCUT2D eigenvalue weighted by molar-refractivity contribution is 0.108. The van der Waals surface area contributed by atoms with Crippen molar-refractivity contribution < 1.29 is 9.47 Å². The van der Waals surface area contributed by atoms with Gasteiger partial charge < -0.3 is 20.1 Å². The minimum Gasteiger partial charge on any atom is -0.383 e. The second kappa shape index (κ2) is 10.7. The van der Waals surface area contributed by atoms with Crippen molar-refractivity contribution in [3.8, 4) is 0 Å². The van der Waals surface area contributed by atoms with Crippen LogP contribution in [0.15, 0.2) is 0 Å². The van der Waals surface area contributed by atoms with Crippen molar-refractivity contribution in [1.82, 2.24) is 10.6 Å². The SMILES string of the molecule is COCC(C)NC(=S)NCCCOCC(C)C. The van der Waals surface area contributed by atoms with Crippen LogP contribution in [0.4, 0.5) is 0 Å². The predicted molar refractivity (Wildman–Crippen MR) is 75.3 cm³/mol. The largest absolute Gasteiger partial charge is 0.383 e. The molecule has 0 heterocycles. The maximum absolute atomic E-state index is 5.47. The van der Waals surface area contributed by atoms with E-state index in [0.717, 1.165) is 26.2 Å². The molecule has 0 aromatic rings. The standard InChI is InChI=1S/C12H26N2O2S/c1-10(2)8-16-7-5-6-13-12(17)14-11(3)9-15-4/h10-11H,5-9H2,1-4H3,(H2,13,14,17). The van der Waals surface area contributed by atoms with Gasteiger partial charge in [0.2, 0.25) is 0 Å². The highest BCUT2D eigenvalue weighted by Gasteiger charge is 2.02. The molecule has 0 aromatic heterocycles. The summed E-state index contributed by atoms with van der Waals surface area (Å²) in [7, 11) is 1.68. The van der Waals surface area contributed by atoms with Crippen molar-refractivity contribution >= 4 is 17.3 Å². The van der Waals surface area contributed by atoms with E-state index in [9.17, 15) is 0 Å². The molecule has 0 aliphatic rings. The third-order valence-corrected chi connectivity index (χ3v) is 2.26. The lowest BCUT2D eigenvalue weighted by atomic mass is 10.2. The van der Waals surface area contributed by atoms with Crippen LogP contribution in [0.5, 0.6) is 0 Å². The molecule has 0 aliphatic heterocycles. The van der Waals surface area contributed by atoms with Gasteiger partial charge in [0, 0.05) is 32.9 Å². The van der Waals surface area contributed by atoms with E-state index in [2.05, 4.69) is 24.5 Å². The third-order valence-electron chi connectivity index (χ3n) is 2.00. The van der Waals surface area contributed by atoms with Crippen LogP contribution in [0, 0.1) is 5.92 Å². The molecule has 0 amide bonds. The highest BCUT2D eigenvalue weighted by Crippen LogP contribution is 1.92. The lowest BCUT2D eigenvalue weighted by Crippen LogP contribution is -2.42. The van der Waals surface area contributed by atoms with Crippen molar-refractivity contribution in [3.05, 3.63) is 0 Å². The smallest absolute Gasteiger partial charge is 0.166 e. The van der Waals surface area contributed by atoms with E-state index in [-0.39, 0.29) is 6.04 Å². The molecule has 0 radical (unpaired) electrons. The number of rotatable bonds is 9. The van der Waals surface area contributed by atoms with Crippen molar-refractivity contribution in [2.45, 2.75) is 33.2 Å². The van der Waals surface area contributed by atoms with E-state index in [1.165, 1.54) is 0 Å². The Hall–Kier alpha value is -0.390. The van der Waals surface area contributed by atoms with E-state index < -0.39 is 0 Å². The summed E-state index contributed by atoms with van der Waals surface area (Å²) in [6.07, 6.45) is 0.965. The zero-order valence-electron chi connectivity index (χ0n) is 11.4. The average molecular weight is 262 g/mol. The first-order valence-corrected chi connectivity index (χ1v) is 6.58. The minimum atomic E-state index is 0.234. The molecule has 0 saturated carbocycles. The highest BCUT2D eigenvalue weighted by atomic mass is 32.1. The van der Waals surface area contributed by atoms with E-state index in [4.69, 9.17) is 21.7 Å². The molecule has 0 aliphatic carbocycles. The Balaban J connectivity index is 3.33. The van der Waals surface area contributed by atoms with Gasteiger partial charge in [0.15, 0.2) is 5.11 Å². The Bertz CT molecular complexity index is 201. The van der Waals surface area contributed by atoms with Gasteiger partial charge in [-0.15, -0.1) is 0 Å². The number of hydrogen-bond donors (Lipinski definition) is 2. The second-order valence-electron chi connectivity index (χ2n) is 4.58. The monoisotopic (exact) mass is 262 g/mol. The van der Waals surface area contributed by atoms with Crippen molar-refractivity contribution in [2.24, 2.45) is 5.92 Å². The molecule has 0 saturated heterocycles. The fourth-order valence-electron chi connectivity index (χ4n) is 1.26. The zero-order valence-corrected chi connectivity index (χ0v) is 12.2. The van der Waals surface area contributed by atoms with Gasteiger partial charge in [0.25, 0.3) is 0 Å². The molecule has 2 N–H and O–H groups in total. The van der Waals surface area contributed by atoms with Gasteiger partial charge in [0.05, 0.1) is 6.61 Å². The quantitative estimate of drug-likeness (QED) is 0.487. The van der Waals surface area contributed by atoms with Gasteiger partial charge in [-0.1, -0.05) is 13.8 Å². The lowest BCUT2D eigenvalue weighted by Gasteiger charge is -2.16. The van der Waals surface area contributed by atoms with Gasteiger partial charge in [-0.25, -0.2) is 0 Å². The molecule has 1 atom stereocenters. The van der Waals surface area contributed by atoms with Crippen LogP contribution >= 0.6 is 12.2 Å². The number of methoxy groups -OCH3 is 1. The van der Waals surface area contributed by atoms with Crippen molar-refractivity contribution in [1.29, 1.82) is 0 Å². The van der Waals surface area contributed by atoms with Crippen molar-refractivity contribution in [2.75, 3.05) is 33.5 Å². The highest BCUT2D eigenvalue weighted by molar-refractivity contribution is 7.80. The van der Waals surface area contributed by atoms with Gasteiger partial charge in [-0.3, -0.25) is 0 Å². The number of ether oxygens (including phenoxy) is 2. The van der Waals surface area contributed by atoms with Gasteiger partial charge in [-0.05, 0) is 31.5 Å². The summed E-state index contributed by atoms with van der Waals surface area (Å²) in [5.41, 5.74) is 0. The normalized spacial score (nSPS) is 12.5. The van der Waals surface area contributed by atoms with Crippen molar-refractivity contribution in [3.63, 3.8) is 0 Å². The molecule has 5 heteroatoms. The molecule has 0 fully saturated rings. The van der Waals surface area contributed by atoms with E-state index in [1.807, 2.05) is 6.92 Å². The van der Waals surface area contributed by atoms with Crippen LogP contribution in [-0.2, 0) is 9.47 Å². The zero-order chi connectivity index (χ0) is 13.1. The first-order chi connectivity index (χ1) is 8.06. The summed E-state index contributed by atoms with van der Waals surface area (Å²) in [6.45, 7) is 9.42. The Morgan fingerprint density at radius 3 is 2.53 bits per heavy atom. The predicted octanol–water partition coefficient (Wildman–Crippen LogP) is 1.55. The molecule has 102 valence electrons. The third kappa shape index (κ3) is 11.9. The first kappa shape index (κ1) is 16.6. The van der Waals surface area contributed by atoms with Crippen LogP contribution in [-0.4, -0.2) is 44.6 Å². The molecule has 1 unspecified atom stereocenters. The second-order valence-corrected chi connectivity index (χ2v) is 4.99. The maximum atomic E-state index is 5.47. The Morgan fingerprint density at radius 2 is 1.94 bits per heavy atom. The van der Waals surface area contributed by atoms with Gasteiger partial charge in [-0.2, -0.15) is 0 Å². The first-order valence-electron chi connectivity index (χ1n) is 6.17. The fourth-order valence-corrected chi connectivity index (χ4v) is 1.56. The summed E-state index contributed by atoms with van der Waals surface area (Å²) >= 11 is 5.15. The summed E-state index contributed by atoms with van der Waals surface area (Å²) in [5, 5.41) is 6.97.